The van der Waals surface area contributed by atoms with Crippen molar-refractivity contribution in [3.63, 3.8) is 0 Å². The average molecular weight is 915 g/mol. The maximum Gasteiger partial charge on any atom is 0.306 e. The first-order chi connectivity index (χ1) is 32.6. The first-order valence-corrected chi connectivity index (χ1v) is 27.4. The summed E-state index contributed by atoms with van der Waals surface area (Å²) < 4.78 is 17.4. The molecule has 0 aliphatic heterocycles. The lowest BCUT2D eigenvalue weighted by Gasteiger charge is -2.18. The zero-order chi connectivity index (χ0) is 47.7. The van der Waals surface area contributed by atoms with Gasteiger partial charge in [-0.05, 0) is 122 Å². The molecule has 1 unspecified atom stereocenters. The van der Waals surface area contributed by atoms with E-state index >= 15 is 0 Å². The summed E-state index contributed by atoms with van der Waals surface area (Å²) in [6.45, 7) is 7.50. The van der Waals surface area contributed by atoms with Gasteiger partial charge in [-0.15, -0.1) is 0 Å². The number of carbonyl (C=O) groups is 2. The minimum atomic E-state index is -0.570. The summed E-state index contributed by atoms with van der Waals surface area (Å²) in [5.74, 6) is -0.450. The van der Waals surface area contributed by atoms with Gasteiger partial charge in [-0.1, -0.05) is 214 Å². The highest BCUT2D eigenvalue weighted by Gasteiger charge is 2.17. The van der Waals surface area contributed by atoms with Crippen molar-refractivity contribution in [3.05, 3.63) is 109 Å². The number of unbranched alkanes of at least 4 members (excludes halogenated alkanes) is 20. The second kappa shape index (κ2) is 55.9. The van der Waals surface area contributed by atoms with Crippen molar-refractivity contribution < 1.29 is 23.8 Å². The molecule has 0 N–H and O–H groups in total. The largest absolute Gasteiger partial charge is 0.462 e. The number of carbonyl (C=O) groups excluding carboxylic acids is 2. The SMILES string of the molecule is CC/C=C\C/C=C\C/C=C\C/C=C\CCCCCCCOCC(COC(=O)CCCCCCCCCCC/C=C\C/C=C\CCCCC)OC(=O)CCCCC/C=C\C/C=C\C/C=C\CC. The molecule has 0 heterocycles. The molecule has 0 bridgehead atoms. The Bertz CT molecular complexity index is 1310. The van der Waals surface area contributed by atoms with Crippen LogP contribution in [0.15, 0.2) is 109 Å². The van der Waals surface area contributed by atoms with Crippen molar-refractivity contribution >= 4 is 11.9 Å². The molecule has 0 fully saturated rings. The number of esters is 2. The molecular weight excluding hydrogens is 813 g/mol. The van der Waals surface area contributed by atoms with Crippen molar-refractivity contribution in [2.24, 2.45) is 0 Å². The predicted octanol–water partition coefficient (Wildman–Crippen LogP) is 18.8. The number of ether oxygens (including phenoxy) is 3. The molecule has 0 aliphatic rings. The maximum absolute atomic E-state index is 12.8. The van der Waals surface area contributed by atoms with E-state index in [4.69, 9.17) is 14.2 Å². The Morgan fingerprint density at radius 2 is 0.682 bits per heavy atom. The third-order valence-corrected chi connectivity index (χ3v) is 11.3. The highest BCUT2D eigenvalue weighted by molar-refractivity contribution is 5.70. The molecule has 0 amide bonds. The molecule has 0 aromatic rings. The van der Waals surface area contributed by atoms with Crippen LogP contribution >= 0.6 is 0 Å². The molecule has 1 atom stereocenters. The first-order valence-electron chi connectivity index (χ1n) is 27.4. The van der Waals surface area contributed by atoms with Gasteiger partial charge in [0.1, 0.15) is 6.61 Å². The van der Waals surface area contributed by atoms with E-state index in [1.165, 1.54) is 89.9 Å². The Morgan fingerprint density at radius 3 is 1.11 bits per heavy atom. The van der Waals surface area contributed by atoms with Crippen LogP contribution < -0.4 is 0 Å². The van der Waals surface area contributed by atoms with Crippen LogP contribution in [-0.2, 0) is 23.8 Å². The van der Waals surface area contributed by atoms with Gasteiger partial charge in [0.25, 0.3) is 0 Å². The minimum absolute atomic E-state index is 0.0575. The molecule has 0 saturated heterocycles. The Morgan fingerprint density at radius 1 is 0.348 bits per heavy atom. The molecule has 0 spiro atoms. The van der Waals surface area contributed by atoms with Gasteiger partial charge in [0.05, 0.1) is 6.61 Å². The van der Waals surface area contributed by atoms with Gasteiger partial charge < -0.3 is 14.2 Å². The van der Waals surface area contributed by atoms with Gasteiger partial charge >= 0.3 is 11.9 Å². The molecule has 5 nitrogen and oxygen atoms in total. The lowest BCUT2D eigenvalue weighted by Crippen LogP contribution is -2.30. The number of hydrogen-bond donors (Lipinski definition) is 0. The van der Waals surface area contributed by atoms with Crippen LogP contribution in [0.4, 0.5) is 0 Å². The highest BCUT2D eigenvalue weighted by Crippen LogP contribution is 2.14. The monoisotopic (exact) mass is 915 g/mol. The van der Waals surface area contributed by atoms with E-state index in [1.54, 1.807) is 0 Å². The summed E-state index contributed by atoms with van der Waals surface area (Å²) in [6, 6.07) is 0. The fourth-order valence-electron chi connectivity index (χ4n) is 7.25. The standard InChI is InChI=1S/C61H102O5/c1-4-7-10-13-16-19-22-25-27-29-31-32-34-37-39-42-45-48-51-54-60(62)65-58-59(66-61(63)55-52-49-46-43-40-36-24-21-18-15-12-9-6-3)57-64-56-53-50-47-44-41-38-35-33-30-28-26-23-20-17-14-11-8-5-2/h8-9,11-12,16-21,25-28,33,35-36,40,59H,4-7,10,13-15,22-24,29-32,34,37-39,41-58H2,1-3H3/b11-8-,12-9-,19-16-,20-17-,21-18-,27-25-,28-26-,35-33-,40-36-. The summed E-state index contributed by atoms with van der Waals surface area (Å²) in [5.41, 5.74) is 0. The Hall–Kier alpha value is -3.44. The Kier molecular flexibility index (Phi) is 53.0. The quantitative estimate of drug-likeness (QED) is 0.0346. The summed E-state index contributed by atoms with van der Waals surface area (Å²) >= 11 is 0. The number of hydrogen-bond acceptors (Lipinski definition) is 5. The molecule has 0 aromatic carbocycles. The third kappa shape index (κ3) is 53.2. The van der Waals surface area contributed by atoms with Gasteiger partial charge in [-0.3, -0.25) is 9.59 Å². The summed E-state index contributed by atoms with van der Waals surface area (Å²) in [6.07, 6.45) is 76.8. The van der Waals surface area contributed by atoms with Crippen molar-refractivity contribution in [2.75, 3.05) is 19.8 Å². The zero-order valence-corrected chi connectivity index (χ0v) is 43.2. The van der Waals surface area contributed by atoms with E-state index < -0.39 is 6.10 Å². The van der Waals surface area contributed by atoms with Crippen LogP contribution in [0.2, 0.25) is 0 Å². The lowest BCUT2D eigenvalue weighted by atomic mass is 10.1. The topological polar surface area (TPSA) is 61.8 Å². The lowest BCUT2D eigenvalue weighted by molar-refractivity contribution is -0.163. The molecule has 0 radical (unpaired) electrons. The van der Waals surface area contributed by atoms with Gasteiger partial charge in [0.15, 0.2) is 6.10 Å². The van der Waals surface area contributed by atoms with Crippen molar-refractivity contribution in [1.82, 2.24) is 0 Å². The number of rotatable bonds is 49. The molecule has 5 heteroatoms. The van der Waals surface area contributed by atoms with Crippen molar-refractivity contribution in [2.45, 2.75) is 245 Å². The second-order valence-electron chi connectivity index (χ2n) is 17.7. The summed E-state index contributed by atoms with van der Waals surface area (Å²) in [5, 5.41) is 0. The van der Waals surface area contributed by atoms with E-state index in [2.05, 4.69) is 130 Å². The van der Waals surface area contributed by atoms with Gasteiger partial charge in [0.2, 0.25) is 0 Å². The van der Waals surface area contributed by atoms with Crippen LogP contribution in [0.3, 0.4) is 0 Å². The van der Waals surface area contributed by atoms with E-state index in [0.717, 1.165) is 116 Å². The van der Waals surface area contributed by atoms with Gasteiger partial charge in [-0.25, -0.2) is 0 Å². The zero-order valence-electron chi connectivity index (χ0n) is 43.2. The van der Waals surface area contributed by atoms with Crippen LogP contribution in [0.1, 0.15) is 239 Å². The second-order valence-corrected chi connectivity index (χ2v) is 17.7. The summed E-state index contributed by atoms with van der Waals surface area (Å²) in [7, 11) is 0. The fourth-order valence-corrected chi connectivity index (χ4v) is 7.25. The van der Waals surface area contributed by atoms with Crippen molar-refractivity contribution in [3.8, 4) is 0 Å². The number of allylic oxidation sites excluding steroid dienone is 18. The van der Waals surface area contributed by atoms with E-state index in [1.807, 2.05) is 0 Å². The van der Waals surface area contributed by atoms with E-state index in [0.29, 0.717) is 19.4 Å². The van der Waals surface area contributed by atoms with Crippen LogP contribution in [-0.4, -0.2) is 37.9 Å². The molecule has 0 aliphatic carbocycles. The smallest absolute Gasteiger partial charge is 0.306 e. The highest BCUT2D eigenvalue weighted by atomic mass is 16.6. The minimum Gasteiger partial charge on any atom is -0.462 e. The molecule has 0 rings (SSSR count). The Labute approximate surface area is 408 Å². The predicted molar refractivity (Wildman–Crippen MR) is 288 cm³/mol. The third-order valence-electron chi connectivity index (χ3n) is 11.3. The van der Waals surface area contributed by atoms with Crippen LogP contribution in [0.5, 0.6) is 0 Å². The molecule has 376 valence electrons. The molecule has 0 saturated carbocycles. The molecule has 0 aromatic heterocycles. The summed E-state index contributed by atoms with van der Waals surface area (Å²) in [4.78, 5) is 25.5. The van der Waals surface area contributed by atoms with E-state index in [-0.39, 0.29) is 25.2 Å². The van der Waals surface area contributed by atoms with Crippen LogP contribution in [0.25, 0.3) is 0 Å². The van der Waals surface area contributed by atoms with Gasteiger partial charge in [-0.2, -0.15) is 0 Å². The van der Waals surface area contributed by atoms with Gasteiger partial charge in [0, 0.05) is 19.4 Å². The fraction of sp³-hybridized carbons (Fsp3) is 0.672. The van der Waals surface area contributed by atoms with Crippen LogP contribution in [0, 0.1) is 0 Å². The molecule has 66 heavy (non-hydrogen) atoms. The van der Waals surface area contributed by atoms with E-state index in [9.17, 15) is 9.59 Å². The first kappa shape index (κ1) is 62.6. The maximum atomic E-state index is 12.8. The Balaban J connectivity index is 4.34. The average Bonchev–Trinajstić information content (AvgIpc) is 3.32. The van der Waals surface area contributed by atoms with Crippen molar-refractivity contribution in [1.29, 1.82) is 0 Å². The molecular formula is C61H102O5. The normalized spacial score (nSPS) is 13.1.